The Balaban J connectivity index is 3.42. The maximum absolute atomic E-state index is 11.0. The molecule has 0 unspecified atom stereocenters. The summed E-state index contributed by atoms with van der Waals surface area (Å²) in [4.78, 5) is 22.0. The molecule has 2 N–H and O–H groups in total. The molecule has 1 aromatic carbocycles. The Morgan fingerprint density at radius 1 is 1.44 bits per heavy atom. The Labute approximate surface area is 97.0 Å². The highest BCUT2D eigenvalue weighted by atomic mass is 35.5. The van der Waals surface area contributed by atoms with Gasteiger partial charge in [-0.2, -0.15) is 0 Å². The first-order chi connectivity index (χ1) is 7.47. The minimum Gasteiger partial charge on any atom is -0.495 e. The van der Waals surface area contributed by atoms with Gasteiger partial charge >= 0.3 is 5.97 Å². The predicted octanol–water partition coefficient (Wildman–Crippen LogP) is 2.01. The average molecular weight is 244 g/mol. The van der Waals surface area contributed by atoms with Crippen molar-refractivity contribution in [3.63, 3.8) is 0 Å². The van der Waals surface area contributed by atoms with E-state index in [4.69, 9.17) is 21.4 Å². The van der Waals surface area contributed by atoms with E-state index < -0.39 is 11.9 Å². The van der Waals surface area contributed by atoms with Gasteiger partial charge in [-0.15, -0.1) is 0 Å². The topological polar surface area (TPSA) is 75.6 Å². The zero-order chi connectivity index (χ0) is 12.3. The van der Waals surface area contributed by atoms with E-state index in [-0.39, 0.29) is 22.0 Å². The molecule has 86 valence electrons. The molecule has 5 nitrogen and oxygen atoms in total. The zero-order valence-electron chi connectivity index (χ0n) is 8.70. The van der Waals surface area contributed by atoms with Crippen LogP contribution in [0.1, 0.15) is 17.3 Å². The van der Waals surface area contributed by atoms with Gasteiger partial charge in [0.25, 0.3) is 0 Å². The number of methoxy groups -OCH3 is 1. The van der Waals surface area contributed by atoms with Gasteiger partial charge in [-0.25, -0.2) is 4.79 Å². The van der Waals surface area contributed by atoms with Crippen molar-refractivity contribution in [2.45, 2.75) is 6.92 Å². The van der Waals surface area contributed by atoms with Crippen molar-refractivity contribution in [1.82, 2.24) is 0 Å². The lowest BCUT2D eigenvalue weighted by Crippen LogP contribution is -2.12. The molecule has 0 radical (unpaired) electrons. The van der Waals surface area contributed by atoms with E-state index >= 15 is 0 Å². The van der Waals surface area contributed by atoms with Crippen molar-refractivity contribution in [3.05, 3.63) is 22.7 Å². The molecule has 0 aromatic heterocycles. The zero-order valence-corrected chi connectivity index (χ0v) is 9.46. The second kappa shape index (κ2) is 4.85. The van der Waals surface area contributed by atoms with Crippen LogP contribution < -0.4 is 10.1 Å². The molecule has 0 saturated heterocycles. The lowest BCUT2D eigenvalue weighted by Gasteiger charge is -2.12. The van der Waals surface area contributed by atoms with Crippen LogP contribution in [0, 0.1) is 0 Å². The SMILES string of the molecule is COc1ccc(Cl)c(C(=O)O)c1NC(C)=O. The molecular formula is C10H10ClNO4. The highest BCUT2D eigenvalue weighted by Crippen LogP contribution is 2.33. The number of benzene rings is 1. The summed E-state index contributed by atoms with van der Waals surface area (Å²) in [6.45, 7) is 1.27. The van der Waals surface area contributed by atoms with Gasteiger partial charge in [0, 0.05) is 6.92 Å². The molecule has 0 saturated carbocycles. The number of hydrogen-bond acceptors (Lipinski definition) is 3. The van der Waals surface area contributed by atoms with E-state index in [1.165, 1.54) is 26.2 Å². The third-order valence-electron chi connectivity index (χ3n) is 1.85. The summed E-state index contributed by atoms with van der Waals surface area (Å²) >= 11 is 5.75. The molecule has 0 spiro atoms. The number of amides is 1. The quantitative estimate of drug-likeness (QED) is 0.851. The number of rotatable bonds is 3. The summed E-state index contributed by atoms with van der Waals surface area (Å²) in [5.74, 6) is -1.38. The van der Waals surface area contributed by atoms with Gasteiger partial charge < -0.3 is 15.2 Å². The summed E-state index contributed by atoms with van der Waals surface area (Å²) in [5, 5.41) is 11.4. The molecule has 1 rings (SSSR count). The molecular weight excluding hydrogens is 234 g/mol. The molecule has 0 fully saturated rings. The molecule has 1 amide bonds. The predicted molar refractivity (Wildman–Crippen MR) is 59.3 cm³/mol. The normalized spacial score (nSPS) is 9.69. The lowest BCUT2D eigenvalue weighted by atomic mass is 10.1. The summed E-state index contributed by atoms with van der Waals surface area (Å²) in [5.41, 5.74) is -0.119. The smallest absolute Gasteiger partial charge is 0.339 e. The first-order valence-corrected chi connectivity index (χ1v) is 4.72. The molecule has 0 heterocycles. The number of hydrogen-bond donors (Lipinski definition) is 2. The Morgan fingerprint density at radius 3 is 2.50 bits per heavy atom. The van der Waals surface area contributed by atoms with Gasteiger partial charge in [0.15, 0.2) is 0 Å². The van der Waals surface area contributed by atoms with Crippen molar-refractivity contribution >= 4 is 29.2 Å². The van der Waals surface area contributed by atoms with Crippen molar-refractivity contribution in [2.24, 2.45) is 0 Å². The number of carboxylic acid groups (broad SMARTS) is 1. The van der Waals surface area contributed by atoms with Crippen molar-refractivity contribution in [3.8, 4) is 5.75 Å². The Kier molecular flexibility index (Phi) is 3.73. The van der Waals surface area contributed by atoms with Crippen LogP contribution >= 0.6 is 11.6 Å². The highest BCUT2D eigenvalue weighted by molar-refractivity contribution is 6.34. The standard InChI is InChI=1S/C10H10ClNO4/c1-5(13)12-9-7(16-2)4-3-6(11)8(9)10(14)15/h3-4H,1-2H3,(H,12,13)(H,14,15). The first-order valence-electron chi connectivity index (χ1n) is 4.34. The van der Waals surface area contributed by atoms with Crippen LogP contribution in [0.15, 0.2) is 12.1 Å². The number of halogens is 1. The number of carbonyl (C=O) groups excluding carboxylic acids is 1. The van der Waals surface area contributed by atoms with E-state index in [1.807, 2.05) is 0 Å². The lowest BCUT2D eigenvalue weighted by molar-refractivity contribution is -0.114. The van der Waals surface area contributed by atoms with E-state index in [2.05, 4.69) is 5.32 Å². The minimum atomic E-state index is -1.23. The van der Waals surface area contributed by atoms with Gasteiger partial charge in [0.2, 0.25) is 5.91 Å². The van der Waals surface area contributed by atoms with Crippen LogP contribution in [0.4, 0.5) is 5.69 Å². The van der Waals surface area contributed by atoms with Gasteiger partial charge in [0.05, 0.1) is 17.8 Å². The fourth-order valence-electron chi connectivity index (χ4n) is 1.24. The molecule has 0 aliphatic heterocycles. The number of carbonyl (C=O) groups is 2. The fourth-order valence-corrected chi connectivity index (χ4v) is 1.48. The third kappa shape index (κ3) is 2.43. The Morgan fingerprint density at radius 2 is 2.06 bits per heavy atom. The van der Waals surface area contributed by atoms with E-state index in [0.717, 1.165) is 0 Å². The molecule has 16 heavy (non-hydrogen) atoms. The van der Waals surface area contributed by atoms with E-state index in [0.29, 0.717) is 0 Å². The van der Waals surface area contributed by atoms with Gasteiger partial charge in [-0.05, 0) is 12.1 Å². The van der Waals surface area contributed by atoms with Crippen LogP contribution in [0.2, 0.25) is 5.02 Å². The first kappa shape index (κ1) is 12.3. The maximum Gasteiger partial charge on any atom is 0.339 e. The van der Waals surface area contributed by atoms with Crippen LogP contribution in [-0.2, 0) is 4.79 Å². The number of ether oxygens (including phenoxy) is 1. The van der Waals surface area contributed by atoms with Crippen LogP contribution in [-0.4, -0.2) is 24.1 Å². The number of aromatic carboxylic acids is 1. The average Bonchev–Trinajstić information content (AvgIpc) is 2.16. The number of nitrogens with one attached hydrogen (secondary N) is 1. The minimum absolute atomic E-state index is 0.0389. The molecule has 1 aromatic rings. The van der Waals surface area contributed by atoms with Crippen LogP contribution in [0.3, 0.4) is 0 Å². The van der Waals surface area contributed by atoms with Crippen molar-refractivity contribution in [1.29, 1.82) is 0 Å². The molecule has 0 atom stereocenters. The molecule has 0 aliphatic carbocycles. The van der Waals surface area contributed by atoms with E-state index in [1.54, 1.807) is 0 Å². The summed E-state index contributed by atoms with van der Waals surface area (Å²) < 4.78 is 4.96. The van der Waals surface area contributed by atoms with Gasteiger partial charge in [-0.3, -0.25) is 4.79 Å². The molecule has 0 aliphatic rings. The Hall–Kier alpha value is -1.75. The van der Waals surface area contributed by atoms with Crippen molar-refractivity contribution < 1.29 is 19.4 Å². The molecule has 0 bridgehead atoms. The van der Waals surface area contributed by atoms with Crippen LogP contribution in [0.5, 0.6) is 5.75 Å². The summed E-state index contributed by atoms with van der Waals surface area (Å²) in [6.07, 6.45) is 0. The third-order valence-corrected chi connectivity index (χ3v) is 2.17. The van der Waals surface area contributed by atoms with Gasteiger partial charge in [-0.1, -0.05) is 11.6 Å². The molecule has 6 heteroatoms. The monoisotopic (exact) mass is 243 g/mol. The van der Waals surface area contributed by atoms with Gasteiger partial charge in [0.1, 0.15) is 11.3 Å². The summed E-state index contributed by atoms with van der Waals surface area (Å²) in [6, 6.07) is 2.88. The van der Waals surface area contributed by atoms with E-state index in [9.17, 15) is 9.59 Å². The second-order valence-corrected chi connectivity index (χ2v) is 3.39. The Bertz CT molecular complexity index is 445. The highest BCUT2D eigenvalue weighted by Gasteiger charge is 2.19. The van der Waals surface area contributed by atoms with Crippen LogP contribution in [0.25, 0.3) is 0 Å². The maximum atomic E-state index is 11.0. The largest absolute Gasteiger partial charge is 0.495 e. The number of carboxylic acids is 1. The number of anilines is 1. The fraction of sp³-hybridized carbons (Fsp3) is 0.200. The van der Waals surface area contributed by atoms with Crippen molar-refractivity contribution in [2.75, 3.05) is 12.4 Å². The summed E-state index contributed by atoms with van der Waals surface area (Å²) in [7, 11) is 1.38. The second-order valence-electron chi connectivity index (χ2n) is 2.99.